The molecule has 1 atom stereocenters. The molecule has 1 saturated heterocycles. The molecule has 0 amide bonds. The van der Waals surface area contributed by atoms with Gasteiger partial charge in [0.15, 0.2) is 0 Å². The van der Waals surface area contributed by atoms with Crippen LogP contribution in [0.4, 0.5) is 0 Å². The highest BCUT2D eigenvalue weighted by Crippen LogP contribution is 2.31. The molecule has 5 rings (SSSR count). The number of para-hydroxylation sites is 1. The largest absolute Gasteiger partial charge is 0.457 e. The van der Waals surface area contributed by atoms with Gasteiger partial charge in [0.25, 0.3) is 0 Å². The summed E-state index contributed by atoms with van der Waals surface area (Å²) in [4.78, 5) is 11.3. The molecule has 0 radical (unpaired) electrons. The van der Waals surface area contributed by atoms with Gasteiger partial charge in [0.1, 0.15) is 29.1 Å². The van der Waals surface area contributed by atoms with Crippen LogP contribution < -0.4 is 9.47 Å². The van der Waals surface area contributed by atoms with Gasteiger partial charge in [-0.25, -0.2) is 4.98 Å². The minimum atomic E-state index is 0.496. The zero-order chi connectivity index (χ0) is 21.0. The summed E-state index contributed by atoms with van der Waals surface area (Å²) in [6.07, 6.45) is 6.75. The number of aromatic nitrogens is 3. The maximum Gasteiger partial charge on any atom is 0.247 e. The Morgan fingerprint density at radius 1 is 0.935 bits per heavy atom. The fourth-order valence-corrected chi connectivity index (χ4v) is 3.88. The first-order valence-electron chi connectivity index (χ1n) is 10.5. The number of fused-ring (bicyclic) bond motifs is 1. The van der Waals surface area contributed by atoms with Crippen molar-refractivity contribution >= 4 is 11.0 Å². The summed E-state index contributed by atoms with van der Waals surface area (Å²) in [5, 5.41) is 0. The van der Waals surface area contributed by atoms with Crippen LogP contribution in [0.1, 0.15) is 6.42 Å². The van der Waals surface area contributed by atoms with Crippen molar-refractivity contribution in [2.45, 2.75) is 19.0 Å². The van der Waals surface area contributed by atoms with E-state index in [1.807, 2.05) is 66.7 Å². The van der Waals surface area contributed by atoms with Gasteiger partial charge in [-0.05, 0) is 48.9 Å². The normalized spacial score (nSPS) is 16.1. The number of nitrogens with zero attached hydrogens (tertiary/aromatic N) is 4. The summed E-state index contributed by atoms with van der Waals surface area (Å²) < 4.78 is 14.2. The van der Waals surface area contributed by atoms with Gasteiger partial charge in [-0.3, -0.25) is 4.90 Å². The average molecular weight is 412 g/mol. The van der Waals surface area contributed by atoms with Gasteiger partial charge in [-0.2, -0.15) is 4.98 Å². The third-order valence-corrected chi connectivity index (χ3v) is 5.57. The Morgan fingerprint density at radius 2 is 1.68 bits per heavy atom. The zero-order valence-corrected chi connectivity index (χ0v) is 17.2. The monoisotopic (exact) mass is 412 g/mol. The second kappa shape index (κ2) is 8.62. The number of benzene rings is 2. The molecule has 2 aromatic heterocycles. The summed E-state index contributed by atoms with van der Waals surface area (Å²) >= 11 is 0. The Morgan fingerprint density at radius 3 is 2.39 bits per heavy atom. The van der Waals surface area contributed by atoms with Gasteiger partial charge in [0.05, 0.1) is 5.52 Å². The lowest BCUT2D eigenvalue weighted by atomic mass is 10.0. The van der Waals surface area contributed by atoms with E-state index in [2.05, 4.69) is 32.2 Å². The first-order valence-corrected chi connectivity index (χ1v) is 10.5. The van der Waals surface area contributed by atoms with Crippen LogP contribution in [0, 0.1) is 0 Å². The second-order valence-electron chi connectivity index (χ2n) is 7.60. The van der Waals surface area contributed by atoms with Crippen molar-refractivity contribution in [2.75, 3.05) is 13.1 Å². The molecule has 31 heavy (non-hydrogen) atoms. The lowest BCUT2D eigenvalue weighted by molar-refractivity contribution is 0.0926. The van der Waals surface area contributed by atoms with Crippen molar-refractivity contribution in [1.82, 2.24) is 19.4 Å². The van der Waals surface area contributed by atoms with Crippen molar-refractivity contribution in [3.05, 3.63) is 85.8 Å². The molecule has 1 aliphatic rings. The molecule has 3 heterocycles. The number of ether oxygens (including phenoxy) is 2. The van der Waals surface area contributed by atoms with E-state index >= 15 is 0 Å². The minimum absolute atomic E-state index is 0.496. The van der Waals surface area contributed by atoms with Crippen LogP contribution in [0.15, 0.2) is 85.8 Å². The predicted octanol–water partition coefficient (Wildman–Crippen LogP) is 5.28. The van der Waals surface area contributed by atoms with Gasteiger partial charge in [-0.15, -0.1) is 6.58 Å². The lowest BCUT2D eigenvalue weighted by Gasteiger charge is -2.40. The van der Waals surface area contributed by atoms with Gasteiger partial charge < -0.3 is 14.0 Å². The fourth-order valence-electron chi connectivity index (χ4n) is 3.88. The van der Waals surface area contributed by atoms with Crippen molar-refractivity contribution in [3.8, 4) is 23.1 Å². The molecule has 1 fully saturated rings. The van der Waals surface area contributed by atoms with Crippen LogP contribution >= 0.6 is 0 Å². The van der Waals surface area contributed by atoms with Gasteiger partial charge in [0, 0.05) is 31.9 Å². The van der Waals surface area contributed by atoms with Crippen molar-refractivity contribution in [3.63, 3.8) is 0 Å². The Hall–Kier alpha value is -3.64. The Balaban J connectivity index is 1.34. The van der Waals surface area contributed by atoms with E-state index < -0.39 is 0 Å². The quantitative estimate of drug-likeness (QED) is 0.369. The molecule has 1 aliphatic heterocycles. The smallest absolute Gasteiger partial charge is 0.247 e. The van der Waals surface area contributed by atoms with Crippen LogP contribution in [-0.2, 0) is 6.54 Å². The van der Waals surface area contributed by atoms with Gasteiger partial charge in [-0.1, -0.05) is 24.3 Å². The highest BCUT2D eigenvalue weighted by molar-refractivity contribution is 5.80. The van der Waals surface area contributed by atoms with E-state index in [9.17, 15) is 0 Å². The van der Waals surface area contributed by atoms with E-state index in [0.717, 1.165) is 42.2 Å². The van der Waals surface area contributed by atoms with E-state index in [4.69, 9.17) is 9.47 Å². The minimum Gasteiger partial charge on any atom is -0.457 e. The van der Waals surface area contributed by atoms with E-state index in [1.165, 1.54) is 6.42 Å². The molecule has 0 saturated carbocycles. The van der Waals surface area contributed by atoms with Crippen molar-refractivity contribution < 1.29 is 9.47 Å². The summed E-state index contributed by atoms with van der Waals surface area (Å²) in [6.45, 7) is 6.77. The van der Waals surface area contributed by atoms with E-state index in [-0.39, 0.29) is 0 Å². The summed E-state index contributed by atoms with van der Waals surface area (Å²) in [7, 11) is 0. The maximum atomic E-state index is 6.15. The third kappa shape index (κ3) is 4.15. The summed E-state index contributed by atoms with van der Waals surface area (Å²) in [5.74, 6) is 2.81. The molecule has 0 N–H and O–H groups in total. The Kier molecular flexibility index (Phi) is 5.37. The first-order chi connectivity index (χ1) is 15.3. The van der Waals surface area contributed by atoms with Crippen molar-refractivity contribution in [2.24, 2.45) is 0 Å². The fraction of sp³-hybridized carbons (Fsp3) is 0.200. The van der Waals surface area contributed by atoms with Crippen LogP contribution in [0.3, 0.4) is 0 Å². The standard InChI is InChI=1S/C25H24N4O2/c1-2-14-28-15-12-19(28)17-29-16-13-23-24(29)25(27-18-26-23)31-22-10-8-21(9-11-22)30-20-6-4-3-5-7-20/h2-11,13,16,18-19H,1,12,14-15,17H2/t19-/m1/s1. The van der Waals surface area contributed by atoms with E-state index in [1.54, 1.807) is 6.33 Å². The average Bonchev–Trinajstić information content (AvgIpc) is 3.21. The molecule has 0 aliphatic carbocycles. The molecule has 2 aromatic carbocycles. The topological polar surface area (TPSA) is 52.4 Å². The molecule has 6 nitrogen and oxygen atoms in total. The highest BCUT2D eigenvalue weighted by atomic mass is 16.5. The zero-order valence-electron chi connectivity index (χ0n) is 17.2. The molecular formula is C25H24N4O2. The van der Waals surface area contributed by atoms with Crippen LogP contribution in [0.25, 0.3) is 11.0 Å². The third-order valence-electron chi connectivity index (χ3n) is 5.57. The number of likely N-dealkylation sites (tertiary alicyclic amines) is 1. The van der Waals surface area contributed by atoms with E-state index in [0.29, 0.717) is 17.7 Å². The molecule has 4 aromatic rings. The van der Waals surface area contributed by atoms with Gasteiger partial charge >= 0.3 is 0 Å². The number of hydrogen-bond acceptors (Lipinski definition) is 5. The summed E-state index contributed by atoms with van der Waals surface area (Å²) in [6, 6.07) is 19.8. The molecule has 156 valence electrons. The Bertz CT molecular complexity index is 1170. The molecule has 0 spiro atoms. The molecule has 6 heteroatoms. The second-order valence-corrected chi connectivity index (χ2v) is 7.60. The Labute approximate surface area is 181 Å². The molecule has 0 unspecified atom stereocenters. The summed E-state index contributed by atoms with van der Waals surface area (Å²) in [5.41, 5.74) is 1.79. The molecular weight excluding hydrogens is 388 g/mol. The first kappa shape index (κ1) is 19.3. The predicted molar refractivity (Wildman–Crippen MR) is 121 cm³/mol. The maximum absolute atomic E-state index is 6.15. The number of hydrogen-bond donors (Lipinski definition) is 0. The van der Waals surface area contributed by atoms with Crippen LogP contribution in [-0.4, -0.2) is 38.6 Å². The molecule has 0 bridgehead atoms. The van der Waals surface area contributed by atoms with Crippen LogP contribution in [0.2, 0.25) is 0 Å². The van der Waals surface area contributed by atoms with Crippen LogP contribution in [0.5, 0.6) is 23.1 Å². The number of rotatable bonds is 8. The SMILES string of the molecule is C=CCN1CC[C@@H]1Cn1ccc2ncnc(Oc3ccc(Oc4ccccc4)cc3)c21. The highest BCUT2D eigenvalue weighted by Gasteiger charge is 2.27. The van der Waals surface area contributed by atoms with Crippen molar-refractivity contribution in [1.29, 1.82) is 0 Å². The lowest BCUT2D eigenvalue weighted by Crippen LogP contribution is -2.49. The van der Waals surface area contributed by atoms with Gasteiger partial charge in [0.2, 0.25) is 5.88 Å².